The van der Waals surface area contributed by atoms with Crippen LogP contribution in [0.5, 0.6) is 0 Å². The molecule has 20 heavy (non-hydrogen) atoms. The van der Waals surface area contributed by atoms with Crippen LogP contribution in [-0.2, 0) is 4.79 Å². The second-order valence-electron chi connectivity index (χ2n) is 4.83. The number of Topliss-reactive ketones (excluding diaryl/α,β-unsaturated/α-hetero) is 1. The molecule has 0 spiro atoms. The topological polar surface area (TPSA) is 37.3 Å². The SMILES string of the molecule is C=C1C(=O)C(O)=C(c2ccccc2)C1c1ccccc1. The van der Waals surface area contributed by atoms with Gasteiger partial charge < -0.3 is 5.11 Å². The van der Waals surface area contributed by atoms with Gasteiger partial charge in [0.1, 0.15) is 0 Å². The fourth-order valence-corrected chi connectivity index (χ4v) is 2.65. The van der Waals surface area contributed by atoms with Crippen LogP contribution in [0.3, 0.4) is 0 Å². The van der Waals surface area contributed by atoms with Crippen molar-refractivity contribution in [3.63, 3.8) is 0 Å². The van der Waals surface area contributed by atoms with Crippen LogP contribution in [0.15, 0.2) is 78.6 Å². The highest BCUT2D eigenvalue weighted by molar-refractivity contribution is 6.18. The molecule has 0 saturated heterocycles. The molecule has 0 heterocycles. The quantitative estimate of drug-likeness (QED) is 0.834. The largest absolute Gasteiger partial charge is 0.504 e. The third kappa shape index (κ3) is 1.86. The molecule has 0 bridgehead atoms. The second kappa shape index (κ2) is 4.82. The van der Waals surface area contributed by atoms with Crippen molar-refractivity contribution in [2.75, 3.05) is 0 Å². The van der Waals surface area contributed by atoms with Crippen molar-refractivity contribution in [3.05, 3.63) is 89.7 Å². The first-order valence-electron chi connectivity index (χ1n) is 6.47. The number of carbonyl (C=O) groups excluding carboxylic acids is 1. The minimum atomic E-state index is -0.363. The van der Waals surface area contributed by atoms with E-state index in [-0.39, 0.29) is 17.5 Å². The fraction of sp³-hybridized carbons (Fsp3) is 0.0556. The average Bonchev–Trinajstić information content (AvgIpc) is 2.73. The highest BCUT2D eigenvalue weighted by Crippen LogP contribution is 2.45. The molecule has 2 aromatic carbocycles. The van der Waals surface area contributed by atoms with Crippen molar-refractivity contribution in [2.45, 2.75) is 5.92 Å². The molecule has 0 radical (unpaired) electrons. The first-order valence-corrected chi connectivity index (χ1v) is 6.47. The maximum Gasteiger partial charge on any atom is 0.224 e. The minimum absolute atomic E-state index is 0.185. The molecule has 2 nitrogen and oxygen atoms in total. The van der Waals surface area contributed by atoms with Crippen molar-refractivity contribution in [1.29, 1.82) is 0 Å². The zero-order chi connectivity index (χ0) is 14.1. The molecule has 0 amide bonds. The minimum Gasteiger partial charge on any atom is -0.504 e. The van der Waals surface area contributed by atoms with Crippen LogP contribution in [0, 0.1) is 0 Å². The zero-order valence-corrected chi connectivity index (χ0v) is 10.9. The summed E-state index contributed by atoms with van der Waals surface area (Å²) < 4.78 is 0. The van der Waals surface area contributed by atoms with Crippen LogP contribution in [0.4, 0.5) is 0 Å². The van der Waals surface area contributed by atoms with E-state index in [9.17, 15) is 9.90 Å². The molecular formula is C18H14O2. The molecule has 0 fully saturated rings. The van der Waals surface area contributed by atoms with Crippen LogP contribution in [0.25, 0.3) is 5.57 Å². The van der Waals surface area contributed by atoms with Crippen LogP contribution in [-0.4, -0.2) is 10.9 Å². The Morgan fingerprint density at radius 3 is 2.05 bits per heavy atom. The molecule has 2 heteroatoms. The molecule has 1 atom stereocenters. The molecule has 1 unspecified atom stereocenters. The average molecular weight is 262 g/mol. The third-order valence-electron chi connectivity index (χ3n) is 3.62. The van der Waals surface area contributed by atoms with Gasteiger partial charge in [-0.1, -0.05) is 67.2 Å². The van der Waals surface area contributed by atoms with Crippen molar-refractivity contribution in [1.82, 2.24) is 0 Å². The lowest BCUT2D eigenvalue weighted by atomic mass is 9.86. The Labute approximate surface area is 117 Å². The maximum atomic E-state index is 12.1. The van der Waals surface area contributed by atoms with Gasteiger partial charge in [0, 0.05) is 17.1 Å². The molecule has 2 aromatic rings. The predicted octanol–water partition coefficient (Wildman–Crippen LogP) is 3.88. The van der Waals surface area contributed by atoms with Crippen LogP contribution >= 0.6 is 0 Å². The molecule has 1 aliphatic rings. The molecule has 3 rings (SSSR count). The monoisotopic (exact) mass is 262 g/mol. The smallest absolute Gasteiger partial charge is 0.224 e. The van der Waals surface area contributed by atoms with E-state index in [0.29, 0.717) is 11.1 Å². The summed E-state index contributed by atoms with van der Waals surface area (Å²) in [5, 5.41) is 10.2. The van der Waals surface area contributed by atoms with Gasteiger partial charge in [-0.15, -0.1) is 0 Å². The van der Waals surface area contributed by atoms with Crippen molar-refractivity contribution < 1.29 is 9.90 Å². The maximum absolute atomic E-state index is 12.1. The second-order valence-corrected chi connectivity index (χ2v) is 4.83. The Kier molecular flexibility index (Phi) is 2.99. The van der Waals surface area contributed by atoms with Gasteiger partial charge in [-0.05, 0) is 11.1 Å². The van der Waals surface area contributed by atoms with Gasteiger partial charge in [0.05, 0.1) is 0 Å². The number of carbonyl (C=O) groups is 1. The fourth-order valence-electron chi connectivity index (χ4n) is 2.65. The summed E-state index contributed by atoms with van der Waals surface area (Å²) in [6, 6.07) is 19.2. The van der Waals surface area contributed by atoms with E-state index in [4.69, 9.17) is 0 Å². The summed E-state index contributed by atoms with van der Waals surface area (Å²) in [5.74, 6) is -0.821. The normalized spacial score (nSPS) is 18.7. The number of hydrogen-bond acceptors (Lipinski definition) is 2. The summed E-state index contributed by atoms with van der Waals surface area (Å²) in [6.45, 7) is 3.87. The highest BCUT2D eigenvalue weighted by atomic mass is 16.3. The van der Waals surface area contributed by atoms with Gasteiger partial charge in [0.25, 0.3) is 0 Å². The molecule has 98 valence electrons. The summed E-state index contributed by atoms with van der Waals surface area (Å²) >= 11 is 0. The van der Waals surface area contributed by atoms with Crippen LogP contribution in [0.1, 0.15) is 17.0 Å². The standard InChI is InChI=1S/C18H14O2/c1-12-15(13-8-4-2-5-9-13)16(18(20)17(12)19)14-10-6-3-7-11-14/h2-11,15,20H,1H2. The molecule has 0 aliphatic heterocycles. The van der Waals surface area contributed by atoms with Crippen LogP contribution < -0.4 is 0 Å². The van der Waals surface area contributed by atoms with E-state index in [1.165, 1.54) is 0 Å². The number of rotatable bonds is 2. The van der Waals surface area contributed by atoms with E-state index in [1.54, 1.807) is 0 Å². The van der Waals surface area contributed by atoms with Gasteiger partial charge in [-0.3, -0.25) is 4.79 Å². The van der Waals surface area contributed by atoms with Gasteiger partial charge in [-0.25, -0.2) is 0 Å². The van der Waals surface area contributed by atoms with Gasteiger partial charge in [-0.2, -0.15) is 0 Å². The van der Waals surface area contributed by atoms with E-state index in [2.05, 4.69) is 6.58 Å². The van der Waals surface area contributed by atoms with Crippen molar-refractivity contribution >= 4 is 11.4 Å². The molecule has 1 aliphatic carbocycles. The lowest BCUT2D eigenvalue weighted by Crippen LogP contribution is -2.03. The number of aliphatic hydroxyl groups excluding tert-OH is 1. The molecular weight excluding hydrogens is 248 g/mol. The predicted molar refractivity (Wildman–Crippen MR) is 79.3 cm³/mol. The van der Waals surface area contributed by atoms with E-state index < -0.39 is 0 Å². The summed E-state index contributed by atoms with van der Waals surface area (Å²) in [7, 11) is 0. The highest BCUT2D eigenvalue weighted by Gasteiger charge is 2.37. The van der Waals surface area contributed by atoms with Crippen molar-refractivity contribution in [2.24, 2.45) is 0 Å². The number of hydrogen-bond donors (Lipinski definition) is 1. The molecule has 1 N–H and O–H groups in total. The third-order valence-corrected chi connectivity index (χ3v) is 3.62. The Bertz CT molecular complexity index is 697. The number of aliphatic hydroxyl groups is 1. The Morgan fingerprint density at radius 2 is 1.45 bits per heavy atom. The summed E-state index contributed by atoms with van der Waals surface area (Å²) in [4.78, 5) is 12.1. The summed E-state index contributed by atoms with van der Waals surface area (Å²) in [6.07, 6.45) is 0. The number of allylic oxidation sites excluding steroid dienone is 2. The lowest BCUT2D eigenvalue weighted by molar-refractivity contribution is -0.114. The van der Waals surface area contributed by atoms with Gasteiger partial charge in [0.15, 0.2) is 5.76 Å². The molecule has 0 saturated carbocycles. The van der Waals surface area contributed by atoms with Crippen LogP contribution in [0.2, 0.25) is 0 Å². The first kappa shape index (κ1) is 12.4. The molecule has 0 aromatic heterocycles. The number of ketones is 1. The Hall–Kier alpha value is -2.61. The Morgan fingerprint density at radius 1 is 0.900 bits per heavy atom. The van der Waals surface area contributed by atoms with Gasteiger partial charge in [0.2, 0.25) is 5.78 Å². The first-order chi connectivity index (χ1) is 9.70. The van der Waals surface area contributed by atoms with E-state index in [1.807, 2.05) is 60.7 Å². The number of benzene rings is 2. The Balaban J connectivity index is 2.18. The van der Waals surface area contributed by atoms with E-state index in [0.717, 1.165) is 11.1 Å². The van der Waals surface area contributed by atoms with Gasteiger partial charge >= 0.3 is 0 Å². The van der Waals surface area contributed by atoms with Crippen molar-refractivity contribution in [3.8, 4) is 0 Å². The zero-order valence-electron chi connectivity index (χ0n) is 10.9. The lowest BCUT2D eigenvalue weighted by Gasteiger charge is -2.16. The van der Waals surface area contributed by atoms with E-state index >= 15 is 0 Å². The summed E-state index contributed by atoms with van der Waals surface area (Å²) in [5.41, 5.74) is 2.89.